The normalized spacial score (nSPS) is 15.7. The Labute approximate surface area is 134 Å². The number of rotatable bonds is 4. The Morgan fingerprint density at radius 3 is 2.33 bits per heavy atom. The first-order valence-corrected chi connectivity index (χ1v) is 9.10. The van der Waals surface area contributed by atoms with E-state index in [0.717, 1.165) is 17.2 Å². The van der Waals surface area contributed by atoms with Gasteiger partial charge in [-0.2, -0.15) is 0 Å². The minimum Gasteiger partial charge on any atom is -0.497 e. The minimum absolute atomic E-state index is 0.540. The Bertz CT molecular complexity index is 578. The predicted octanol–water partition coefficient (Wildman–Crippen LogP) is 5.36. The molecule has 1 saturated heterocycles. The summed E-state index contributed by atoms with van der Waals surface area (Å²) in [6, 6.07) is 16.1. The van der Waals surface area contributed by atoms with Crippen LogP contribution in [0, 0.1) is 0 Å². The van der Waals surface area contributed by atoms with Crippen LogP contribution in [0.1, 0.15) is 16.6 Å². The quantitative estimate of drug-likeness (QED) is 0.755. The number of thioether (sulfide) groups is 2. The van der Waals surface area contributed by atoms with E-state index in [1.165, 1.54) is 23.5 Å². The van der Waals surface area contributed by atoms with Crippen LogP contribution in [-0.4, -0.2) is 18.6 Å². The van der Waals surface area contributed by atoms with E-state index < -0.39 is 0 Å². The van der Waals surface area contributed by atoms with Crippen molar-refractivity contribution in [2.75, 3.05) is 18.6 Å². The smallest absolute Gasteiger partial charge is 0.127 e. The molecular formula is C17H18O2S2. The number of hydrogen-bond acceptors (Lipinski definition) is 4. The lowest BCUT2D eigenvalue weighted by atomic mass is 10.2. The molecule has 110 valence electrons. The number of hydrogen-bond donors (Lipinski definition) is 0. The Kier molecular flexibility index (Phi) is 4.99. The fourth-order valence-electron chi connectivity index (χ4n) is 2.18. The summed E-state index contributed by atoms with van der Waals surface area (Å²) in [6.07, 6.45) is 1.31. The van der Waals surface area contributed by atoms with Crippen molar-refractivity contribution in [3.63, 3.8) is 0 Å². The summed E-state index contributed by atoms with van der Waals surface area (Å²) in [5.74, 6) is 5.06. The van der Waals surface area contributed by atoms with Crippen LogP contribution in [0.2, 0.25) is 0 Å². The van der Waals surface area contributed by atoms with Gasteiger partial charge in [-0.05, 0) is 59.9 Å². The molecule has 0 N–H and O–H groups in total. The first kappa shape index (κ1) is 14.7. The van der Waals surface area contributed by atoms with Gasteiger partial charge in [-0.25, -0.2) is 0 Å². The van der Waals surface area contributed by atoms with E-state index in [1.54, 1.807) is 7.11 Å². The maximum atomic E-state index is 5.94. The minimum atomic E-state index is 0.540. The van der Waals surface area contributed by atoms with Gasteiger partial charge < -0.3 is 9.47 Å². The van der Waals surface area contributed by atoms with Gasteiger partial charge in [0.2, 0.25) is 0 Å². The van der Waals surface area contributed by atoms with Crippen LogP contribution >= 0.6 is 23.5 Å². The highest BCUT2D eigenvalue weighted by atomic mass is 32.2. The molecule has 1 aliphatic rings. The van der Waals surface area contributed by atoms with Crippen molar-refractivity contribution in [2.24, 2.45) is 0 Å². The van der Waals surface area contributed by atoms with Crippen molar-refractivity contribution in [3.8, 4) is 17.2 Å². The number of ether oxygens (including phenoxy) is 2. The van der Waals surface area contributed by atoms with Crippen LogP contribution in [0.3, 0.4) is 0 Å². The van der Waals surface area contributed by atoms with E-state index in [2.05, 4.69) is 18.2 Å². The van der Waals surface area contributed by atoms with Gasteiger partial charge >= 0.3 is 0 Å². The summed E-state index contributed by atoms with van der Waals surface area (Å²) in [7, 11) is 1.67. The maximum Gasteiger partial charge on any atom is 0.127 e. The molecule has 0 radical (unpaired) electrons. The zero-order chi connectivity index (χ0) is 14.5. The summed E-state index contributed by atoms with van der Waals surface area (Å²) in [5, 5.41) is 0. The molecule has 21 heavy (non-hydrogen) atoms. The zero-order valence-corrected chi connectivity index (χ0v) is 13.6. The van der Waals surface area contributed by atoms with Crippen molar-refractivity contribution in [1.82, 2.24) is 0 Å². The molecular weight excluding hydrogens is 300 g/mol. The summed E-state index contributed by atoms with van der Waals surface area (Å²) in [6.45, 7) is 0. The Hall–Kier alpha value is -1.26. The molecule has 2 aromatic carbocycles. The van der Waals surface area contributed by atoms with Gasteiger partial charge in [0.25, 0.3) is 0 Å². The summed E-state index contributed by atoms with van der Waals surface area (Å²) < 4.78 is 11.6. The second-order valence-corrected chi connectivity index (χ2v) is 7.50. The number of benzene rings is 2. The molecule has 0 bridgehead atoms. The van der Waals surface area contributed by atoms with Gasteiger partial charge in [0, 0.05) is 0 Å². The Morgan fingerprint density at radius 2 is 1.62 bits per heavy atom. The molecule has 0 unspecified atom stereocenters. The molecule has 0 amide bonds. The molecule has 2 nitrogen and oxygen atoms in total. The van der Waals surface area contributed by atoms with Gasteiger partial charge in [-0.15, -0.1) is 23.5 Å². The third kappa shape index (κ3) is 3.89. The molecule has 1 heterocycles. The van der Waals surface area contributed by atoms with Crippen LogP contribution in [-0.2, 0) is 0 Å². The topological polar surface area (TPSA) is 18.5 Å². The van der Waals surface area contributed by atoms with Crippen molar-refractivity contribution in [2.45, 2.75) is 11.0 Å². The highest BCUT2D eigenvalue weighted by Gasteiger charge is 2.16. The van der Waals surface area contributed by atoms with Crippen molar-refractivity contribution < 1.29 is 9.47 Å². The predicted molar refractivity (Wildman–Crippen MR) is 91.8 cm³/mol. The molecule has 1 aliphatic heterocycles. The van der Waals surface area contributed by atoms with Crippen LogP contribution in [0.25, 0.3) is 0 Å². The van der Waals surface area contributed by atoms with Crippen molar-refractivity contribution >= 4 is 23.5 Å². The molecule has 0 saturated carbocycles. The van der Waals surface area contributed by atoms with Crippen LogP contribution < -0.4 is 9.47 Å². The third-order valence-electron chi connectivity index (χ3n) is 3.25. The third-order valence-corrected chi connectivity index (χ3v) is 6.27. The largest absolute Gasteiger partial charge is 0.497 e. The van der Waals surface area contributed by atoms with Crippen LogP contribution in [0.5, 0.6) is 17.2 Å². The van der Waals surface area contributed by atoms with Crippen LogP contribution in [0.4, 0.5) is 0 Å². The van der Waals surface area contributed by atoms with E-state index in [-0.39, 0.29) is 0 Å². The molecule has 1 fully saturated rings. The molecule has 4 heteroatoms. The lowest BCUT2D eigenvalue weighted by Gasteiger charge is -2.21. The monoisotopic (exact) mass is 318 g/mol. The SMILES string of the molecule is COc1ccc(Oc2cccc(C3SCCCS3)c2)cc1. The average Bonchev–Trinajstić information content (AvgIpc) is 2.57. The van der Waals surface area contributed by atoms with Gasteiger partial charge in [-0.1, -0.05) is 12.1 Å². The molecule has 0 atom stereocenters. The summed E-state index contributed by atoms with van der Waals surface area (Å²) in [5.41, 5.74) is 1.34. The van der Waals surface area contributed by atoms with E-state index in [1.807, 2.05) is 53.9 Å². The fraction of sp³-hybridized carbons (Fsp3) is 0.294. The van der Waals surface area contributed by atoms with Crippen molar-refractivity contribution in [1.29, 1.82) is 0 Å². The molecule has 3 rings (SSSR count). The Morgan fingerprint density at radius 1 is 0.905 bits per heavy atom. The lowest BCUT2D eigenvalue weighted by molar-refractivity contribution is 0.413. The standard InChI is InChI=1S/C17H18O2S2/c1-18-14-6-8-15(9-7-14)19-16-5-2-4-13(12-16)17-20-10-3-11-21-17/h2,4-9,12,17H,3,10-11H2,1H3. The molecule has 0 aromatic heterocycles. The summed E-state index contributed by atoms with van der Waals surface area (Å²) >= 11 is 4.05. The van der Waals surface area contributed by atoms with Gasteiger partial charge in [0.15, 0.2) is 0 Å². The van der Waals surface area contributed by atoms with E-state index in [9.17, 15) is 0 Å². The second-order valence-electron chi connectivity index (χ2n) is 4.78. The first-order chi connectivity index (χ1) is 10.3. The zero-order valence-electron chi connectivity index (χ0n) is 12.0. The highest BCUT2D eigenvalue weighted by Crippen LogP contribution is 2.44. The van der Waals surface area contributed by atoms with E-state index >= 15 is 0 Å². The summed E-state index contributed by atoms with van der Waals surface area (Å²) in [4.78, 5) is 0. The molecule has 0 aliphatic carbocycles. The van der Waals surface area contributed by atoms with E-state index in [0.29, 0.717) is 4.58 Å². The highest BCUT2D eigenvalue weighted by molar-refractivity contribution is 8.16. The molecule has 0 spiro atoms. The molecule has 2 aromatic rings. The van der Waals surface area contributed by atoms with E-state index in [4.69, 9.17) is 9.47 Å². The Balaban J connectivity index is 1.72. The average molecular weight is 318 g/mol. The second kappa shape index (κ2) is 7.14. The van der Waals surface area contributed by atoms with Crippen LogP contribution in [0.15, 0.2) is 48.5 Å². The maximum absolute atomic E-state index is 5.94. The van der Waals surface area contributed by atoms with Gasteiger partial charge in [0.05, 0.1) is 11.7 Å². The number of methoxy groups -OCH3 is 1. The van der Waals surface area contributed by atoms with Gasteiger partial charge in [0.1, 0.15) is 17.2 Å². The lowest BCUT2D eigenvalue weighted by Crippen LogP contribution is -2.00. The fourth-order valence-corrected chi connectivity index (χ4v) is 5.06. The van der Waals surface area contributed by atoms with Crippen molar-refractivity contribution in [3.05, 3.63) is 54.1 Å². The first-order valence-electron chi connectivity index (χ1n) is 7.00. The van der Waals surface area contributed by atoms with Gasteiger partial charge in [-0.3, -0.25) is 0 Å².